The molecule has 0 radical (unpaired) electrons. The molecular weight excluding hydrogens is 538 g/mol. The Hall–Kier alpha value is -3.01. The molecule has 1 aliphatic heterocycles. The van der Waals surface area contributed by atoms with Crippen LogP contribution >= 0.6 is 34.3 Å². The molecule has 0 spiro atoms. The highest BCUT2D eigenvalue weighted by Crippen LogP contribution is 2.44. The van der Waals surface area contributed by atoms with Gasteiger partial charge >= 0.3 is 0 Å². The van der Waals surface area contributed by atoms with E-state index in [1.165, 1.54) is 22.7 Å². The second kappa shape index (κ2) is 10.3. The van der Waals surface area contributed by atoms with Gasteiger partial charge in [0.25, 0.3) is 11.8 Å². The molecule has 1 saturated carbocycles. The highest BCUT2D eigenvalue weighted by Gasteiger charge is 2.49. The predicted molar refractivity (Wildman–Crippen MR) is 155 cm³/mol. The summed E-state index contributed by atoms with van der Waals surface area (Å²) >= 11 is 9.29. The maximum Gasteiger partial charge on any atom is 0.274 e. The van der Waals surface area contributed by atoms with Crippen LogP contribution in [0.5, 0.6) is 0 Å². The largest absolute Gasteiger partial charge is 0.351 e. The number of nitrogens with one attached hydrogen (secondary N) is 1. The molecule has 2 aliphatic rings. The molecule has 2 aromatic heterocycles. The SMILES string of the molecule is CCN(C)c1nc(C(=O)N2[C@@H]3CC[C@@H](C3)[C@H]2CNC(=O)c2cccc3ncsc23)c(-c2cccc(Cl)c2)s1. The summed E-state index contributed by atoms with van der Waals surface area (Å²) in [7, 11) is 1.98. The van der Waals surface area contributed by atoms with Gasteiger partial charge in [0.1, 0.15) is 5.69 Å². The van der Waals surface area contributed by atoms with Crippen molar-refractivity contribution >= 4 is 61.4 Å². The topological polar surface area (TPSA) is 78.4 Å². The minimum atomic E-state index is -0.129. The molecule has 10 heteroatoms. The Balaban J connectivity index is 1.29. The fourth-order valence-corrected chi connectivity index (χ4v) is 7.80. The number of thiazole rings is 2. The predicted octanol–water partition coefficient (Wildman–Crippen LogP) is 5.95. The zero-order valence-corrected chi connectivity index (χ0v) is 23.6. The third-order valence-corrected chi connectivity index (χ3v) is 10.1. The van der Waals surface area contributed by atoms with Crippen LogP contribution in [0.3, 0.4) is 0 Å². The summed E-state index contributed by atoms with van der Waals surface area (Å²) in [5, 5.41) is 4.56. The van der Waals surface area contributed by atoms with E-state index in [1.54, 1.807) is 5.51 Å². The maximum atomic E-state index is 14.2. The third kappa shape index (κ3) is 4.46. The van der Waals surface area contributed by atoms with E-state index in [4.69, 9.17) is 16.6 Å². The zero-order valence-electron chi connectivity index (χ0n) is 21.2. The lowest BCUT2D eigenvalue weighted by Crippen LogP contribution is -2.50. The van der Waals surface area contributed by atoms with Gasteiger partial charge in [-0.2, -0.15) is 0 Å². The number of carbonyl (C=O) groups excluding carboxylic acids is 2. The summed E-state index contributed by atoms with van der Waals surface area (Å²) in [5.41, 5.74) is 4.56. The summed E-state index contributed by atoms with van der Waals surface area (Å²) in [4.78, 5) is 41.4. The molecule has 196 valence electrons. The van der Waals surface area contributed by atoms with Crippen LogP contribution in [0.2, 0.25) is 5.02 Å². The van der Waals surface area contributed by atoms with Crippen molar-refractivity contribution in [2.75, 3.05) is 25.0 Å². The van der Waals surface area contributed by atoms with Crippen LogP contribution in [0.1, 0.15) is 47.0 Å². The normalized spacial score (nSPS) is 20.3. The number of anilines is 1. The molecule has 3 atom stereocenters. The van der Waals surface area contributed by atoms with E-state index in [2.05, 4.69) is 17.2 Å². The molecule has 7 nitrogen and oxygen atoms in total. The molecule has 3 heterocycles. The van der Waals surface area contributed by atoms with E-state index in [0.29, 0.717) is 28.7 Å². The van der Waals surface area contributed by atoms with Crippen LogP contribution in [-0.2, 0) is 0 Å². The van der Waals surface area contributed by atoms with Gasteiger partial charge in [-0.05, 0) is 61.9 Å². The first-order chi connectivity index (χ1) is 18.4. The third-order valence-electron chi connectivity index (χ3n) is 7.75. The standard InChI is InChI=1S/C28H28ClN5O2S2/c1-3-33(2)28-32-23(24(38-28)17-6-4-7-18(29)12-17)27(36)34-19-11-10-16(13-19)22(34)14-30-26(35)20-8-5-9-21-25(20)37-15-31-21/h4-9,12,15-16,19,22H,3,10-11,13-14H2,1-2H3,(H,30,35)/t16-,19+,22+/m0/s1. The number of aromatic nitrogens is 2. The van der Waals surface area contributed by atoms with Crippen molar-refractivity contribution in [3.63, 3.8) is 0 Å². The van der Waals surface area contributed by atoms with Crippen molar-refractivity contribution in [3.05, 3.63) is 64.3 Å². The van der Waals surface area contributed by atoms with Crippen LogP contribution in [0.4, 0.5) is 5.13 Å². The van der Waals surface area contributed by atoms with Crippen LogP contribution in [0.25, 0.3) is 20.7 Å². The first-order valence-electron chi connectivity index (χ1n) is 12.9. The Morgan fingerprint density at radius 1 is 1.21 bits per heavy atom. The maximum absolute atomic E-state index is 14.2. The van der Waals surface area contributed by atoms with E-state index in [-0.39, 0.29) is 23.9 Å². The summed E-state index contributed by atoms with van der Waals surface area (Å²) in [6.07, 6.45) is 3.02. The molecule has 2 bridgehead atoms. The second-order valence-corrected chi connectivity index (χ2v) is 12.2. The Morgan fingerprint density at radius 2 is 2.05 bits per heavy atom. The van der Waals surface area contributed by atoms with Crippen LogP contribution < -0.4 is 10.2 Å². The van der Waals surface area contributed by atoms with E-state index < -0.39 is 0 Å². The lowest BCUT2D eigenvalue weighted by Gasteiger charge is -2.35. The minimum absolute atomic E-state index is 0.0628. The number of benzene rings is 2. The molecule has 0 unspecified atom stereocenters. The van der Waals surface area contributed by atoms with Crippen molar-refractivity contribution in [1.29, 1.82) is 0 Å². The van der Waals surface area contributed by atoms with Crippen molar-refractivity contribution < 1.29 is 9.59 Å². The van der Waals surface area contributed by atoms with Gasteiger partial charge in [-0.15, -0.1) is 11.3 Å². The summed E-state index contributed by atoms with van der Waals surface area (Å²) in [6, 6.07) is 13.3. The van der Waals surface area contributed by atoms with Gasteiger partial charge in [-0.25, -0.2) is 9.97 Å². The van der Waals surface area contributed by atoms with Gasteiger partial charge in [0.2, 0.25) is 0 Å². The average molecular weight is 566 g/mol. The smallest absolute Gasteiger partial charge is 0.274 e. The van der Waals surface area contributed by atoms with E-state index in [9.17, 15) is 9.59 Å². The molecule has 2 aromatic carbocycles. The van der Waals surface area contributed by atoms with Crippen LogP contribution in [-0.4, -0.2) is 58.9 Å². The fraction of sp³-hybridized carbons (Fsp3) is 0.357. The number of carbonyl (C=O) groups is 2. The molecule has 2 fully saturated rings. The Labute approximate surface area is 234 Å². The first kappa shape index (κ1) is 25.3. The van der Waals surface area contributed by atoms with Gasteiger partial charge < -0.3 is 15.1 Å². The molecule has 1 saturated heterocycles. The van der Waals surface area contributed by atoms with Gasteiger partial charge in [0.15, 0.2) is 5.13 Å². The van der Waals surface area contributed by atoms with Crippen molar-refractivity contribution in [2.24, 2.45) is 5.92 Å². The summed E-state index contributed by atoms with van der Waals surface area (Å²) < 4.78 is 0.882. The molecule has 38 heavy (non-hydrogen) atoms. The Bertz CT molecular complexity index is 1520. The number of halogens is 1. The van der Waals surface area contributed by atoms with E-state index in [0.717, 1.165) is 51.6 Å². The van der Waals surface area contributed by atoms with E-state index >= 15 is 0 Å². The Morgan fingerprint density at radius 3 is 2.87 bits per heavy atom. The summed E-state index contributed by atoms with van der Waals surface area (Å²) in [6.45, 7) is 3.26. The van der Waals surface area contributed by atoms with Crippen LogP contribution in [0.15, 0.2) is 48.0 Å². The monoisotopic (exact) mass is 565 g/mol. The number of amides is 2. The van der Waals surface area contributed by atoms with Crippen molar-refractivity contribution in [2.45, 2.75) is 38.3 Å². The first-order valence-corrected chi connectivity index (χ1v) is 14.9. The fourth-order valence-electron chi connectivity index (χ4n) is 5.73. The lowest BCUT2D eigenvalue weighted by atomic mass is 9.98. The number of piperidine rings is 1. The number of hydrogen-bond donors (Lipinski definition) is 1. The van der Waals surface area contributed by atoms with Crippen LogP contribution in [0, 0.1) is 5.92 Å². The van der Waals surface area contributed by atoms with Crippen molar-refractivity contribution in [3.8, 4) is 10.4 Å². The van der Waals surface area contributed by atoms with Gasteiger partial charge in [-0.3, -0.25) is 9.59 Å². The Kier molecular flexibility index (Phi) is 6.84. The van der Waals surface area contributed by atoms with Gasteiger partial charge in [0.05, 0.1) is 32.2 Å². The molecule has 1 aliphatic carbocycles. The quantitative estimate of drug-likeness (QED) is 0.299. The molecule has 4 aromatic rings. The van der Waals surface area contributed by atoms with Gasteiger partial charge in [0, 0.05) is 31.2 Å². The highest BCUT2D eigenvalue weighted by atomic mass is 35.5. The molecule has 1 N–H and O–H groups in total. The highest BCUT2D eigenvalue weighted by molar-refractivity contribution is 7.19. The molecule has 2 amide bonds. The van der Waals surface area contributed by atoms with Gasteiger partial charge in [-0.1, -0.05) is 41.1 Å². The number of fused-ring (bicyclic) bond motifs is 3. The lowest BCUT2D eigenvalue weighted by molar-refractivity contribution is 0.0578. The number of nitrogens with zero attached hydrogens (tertiary/aromatic N) is 4. The zero-order chi connectivity index (χ0) is 26.4. The van der Waals surface area contributed by atoms with E-state index in [1.807, 2.05) is 59.3 Å². The van der Waals surface area contributed by atoms with Crippen molar-refractivity contribution in [1.82, 2.24) is 20.2 Å². The second-order valence-electron chi connectivity index (χ2n) is 9.92. The number of hydrogen-bond acceptors (Lipinski definition) is 7. The minimum Gasteiger partial charge on any atom is -0.351 e. The molecule has 6 rings (SSSR count). The molecular formula is C28H28ClN5O2S2. The number of likely N-dealkylation sites (tertiary alicyclic amines) is 1. The number of rotatable bonds is 7. The summed E-state index contributed by atoms with van der Waals surface area (Å²) in [5.74, 6) is 0.174. The average Bonchev–Trinajstić information content (AvgIpc) is 3.73.